The molecule has 1 atom stereocenters. The number of carbonyl (C=O) groups excluding carboxylic acids is 3. The highest BCUT2D eigenvalue weighted by Crippen LogP contribution is 2.19. The van der Waals surface area contributed by atoms with E-state index in [4.69, 9.17) is 16.7 Å². The van der Waals surface area contributed by atoms with E-state index >= 15 is 0 Å². The van der Waals surface area contributed by atoms with Crippen molar-refractivity contribution in [3.8, 4) is 11.8 Å². The molecule has 0 bridgehead atoms. The van der Waals surface area contributed by atoms with Gasteiger partial charge in [-0.2, -0.15) is 0 Å². The lowest BCUT2D eigenvalue weighted by Crippen LogP contribution is -2.54. The van der Waals surface area contributed by atoms with Crippen LogP contribution in [0.1, 0.15) is 21.5 Å². The van der Waals surface area contributed by atoms with Crippen LogP contribution < -0.4 is 27.2 Å². The first-order valence-electron chi connectivity index (χ1n) is 10.5. The Hall–Kier alpha value is -4.72. The number of pyridine rings is 1. The zero-order valence-electron chi connectivity index (χ0n) is 18.6. The van der Waals surface area contributed by atoms with Gasteiger partial charge >= 0.3 is 0 Å². The number of anilines is 2. The van der Waals surface area contributed by atoms with Gasteiger partial charge in [0.05, 0.1) is 6.54 Å². The Kier molecular flexibility index (Phi) is 8.50. The van der Waals surface area contributed by atoms with Crippen molar-refractivity contribution in [2.24, 2.45) is 11.5 Å². The maximum Gasteiger partial charge on any atom is 0.267 e. The summed E-state index contributed by atoms with van der Waals surface area (Å²) in [6, 6.07) is 15.5. The largest absolute Gasteiger partial charge is 0.376 e. The number of carbonyl (C=O) groups is 3. The average molecular weight is 473 g/mol. The molecule has 0 fully saturated rings. The summed E-state index contributed by atoms with van der Waals surface area (Å²) in [7, 11) is 0. The molecule has 0 aliphatic carbocycles. The lowest BCUT2D eigenvalue weighted by atomic mass is 10.1. The van der Waals surface area contributed by atoms with Gasteiger partial charge in [-0.1, -0.05) is 11.8 Å². The van der Waals surface area contributed by atoms with Gasteiger partial charge in [-0.3, -0.25) is 29.5 Å². The van der Waals surface area contributed by atoms with E-state index in [1.165, 1.54) is 4.90 Å². The van der Waals surface area contributed by atoms with Crippen LogP contribution in [0.5, 0.6) is 0 Å². The SMILES string of the molecule is NC[C@@H](C(=O)NO)N(C(=O)CNc1ccncc1)c1ccc(C#Cc2ccc(C(N)=O)cc2)cc1. The molecule has 1 aromatic heterocycles. The number of benzene rings is 2. The maximum atomic E-state index is 13.1. The number of amides is 3. The molecule has 3 rings (SSSR count). The molecular formula is C25H24N6O4. The summed E-state index contributed by atoms with van der Waals surface area (Å²) >= 11 is 0. The van der Waals surface area contributed by atoms with Crippen LogP contribution in [0.2, 0.25) is 0 Å². The van der Waals surface area contributed by atoms with Crippen molar-refractivity contribution < 1.29 is 19.6 Å². The van der Waals surface area contributed by atoms with E-state index in [1.54, 1.807) is 78.5 Å². The molecule has 1 heterocycles. The molecule has 0 aliphatic heterocycles. The highest BCUT2D eigenvalue weighted by Gasteiger charge is 2.30. The summed E-state index contributed by atoms with van der Waals surface area (Å²) in [5.74, 6) is 4.22. The molecule has 0 saturated heterocycles. The molecular weight excluding hydrogens is 448 g/mol. The van der Waals surface area contributed by atoms with Crippen LogP contribution in [0.15, 0.2) is 73.1 Å². The fraction of sp³-hybridized carbons (Fsp3) is 0.120. The zero-order chi connectivity index (χ0) is 25.2. The second-order valence-electron chi connectivity index (χ2n) is 7.32. The van der Waals surface area contributed by atoms with Crippen LogP contribution >= 0.6 is 0 Å². The van der Waals surface area contributed by atoms with Crippen molar-refractivity contribution in [1.29, 1.82) is 0 Å². The molecule has 0 unspecified atom stereocenters. The van der Waals surface area contributed by atoms with Gasteiger partial charge < -0.3 is 16.8 Å². The van der Waals surface area contributed by atoms with E-state index in [0.717, 1.165) is 0 Å². The molecule has 35 heavy (non-hydrogen) atoms. The van der Waals surface area contributed by atoms with E-state index in [1.807, 2.05) is 0 Å². The third-order valence-corrected chi connectivity index (χ3v) is 5.01. The van der Waals surface area contributed by atoms with Crippen LogP contribution in [0.3, 0.4) is 0 Å². The Balaban J connectivity index is 1.81. The second-order valence-corrected chi connectivity index (χ2v) is 7.32. The predicted molar refractivity (Wildman–Crippen MR) is 130 cm³/mol. The number of rotatable bonds is 8. The van der Waals surface area contributed by atoms with E-state index in [-0.39, 0.29) is 13.1 Å². The zero-order valence-corrected chi connectivity index (χ0v) is 18.6. The highest BCUT2D eigenvalue weighted by molar-refractivity contribution is 6.02. The Bertz CT molecular complexity index is 1230. The molecule has 7 N–H and O–H groups in total. The Morgan fingerprint density at radius 1 is 0.943 bits per heavy atom. The van der Waals surface area contributed by atoms with Gasteiger partial charge in [0.25, 0.3) is 5.91 Å². The van der Waals surface area contributed by atoms with Crippen molar-refractivity contribution in [3.05, 3.63) is 89.7 Å². The van der Waals surface area contributed by atoms with Crippen molar-refractivity contribution >= 4 is 29.1 Å². The number of aromatic nitrogens is 1. The summed E-state index contributed by atoms with van der Waals surface area (Å²) in [5, 5.41) is 12.1. The van der Waals surface area contributed by atoms with Crippen molar-refractivity contribution in [2.45, 2.75) is 6.04 Å². The first-order valence-corrected chi connectivity index (χ1v) is 10.5. The van der Waals surface area contributed by atoms with Gasteiger partial charge in [0.2, 0.25) is 11.8 Å². The fourth-order valence-corrected chi connectivity index (χ4v) is 3.20. The number of nitrogens with two attached hydrogens (primary N) is 2. The lowest BCUT2D eigenvalue weighted by Gasteiger charge is -2.30. The standard InChI is InChI=1S/C25H24N6O4/c26-15-22(25(34)30-35)31(23(32)16-29-20-11-13-28-14-12-20)21-9-5-18(6-10-21)2-1-17-3-7-19(8-4-17)24(27)33/h3-14,22,35H,15-16,26H2,(H2,27,33)(H,28,29)(H,30,34)/t22-/m0/s1. The molecule has 3 aromatic rings. The van der Waals surface area contributed by atoms with Crippen LogP contribution in [0.25, 0.3) is 0 Å². The summed E-state index contributed by atoms with van der Waals surface area (Å²) in [5.41, 5.74) is 15.4. The Morgan fingerprint density at radius 2 is 1.51 bits per heavy atom. The molecule has 3 amide bonds. The summed E-state index contributed by atoms with van der Waals surface area (Å²) < 4.78 is 0. The second kappa shape index (κ2) is 11.9. The molecule has 0 aliphatic rings. The third-order valence-electron chi connectivity index (χ3n) is 5.01. The molecule has 10 nitrogen and oxygen atoms in total. The minimum absolute atomic E-state index is 0.123. The monoisotopic (exact) mass is 472 g/mol. The Morgan fingerprint density at radius 3 is 2.03 bits per heavy atom. The van der Waals surface area contributed by atoms with Gasteiger partial charge in [0.1, 0.15) is 6.04 Å². The lowest BCUT2D eigenvalue weighted by molar-refractivity contribution is -0.132. The first kappa shape index (κ1) is 24.9. The quantitative estimate of drug-likeness (QED) is 0.184. The van der Waals surface area contributed by atoms with E-state index < -0.39 is 23.8 Å². The van der Waals surface area contributed by atoms with Crippen LogP contribution in [0.4, 0.5) is 11.4 Å². The van der Waals surface area contributed by atoms with Gasteiger partial charge in [0.15, 0.2) is 0 Å². The van der Waals surface area contributed by atoms with Gasteiger partial charge in [-0.25, -0.2) is 5.48 Å². The Labute approximate surface area is 201 Å². The topological polar surface area (TPSA) is 164 Å². The number of hydrogen-bond donors (Lipinski definition) is 5. The van der Waals surface area contributed by atoms with Crippen molar-refractivity contribution in [3.63, 3.8) is 0 Å². The summed E-state index contributed by atoms with van der Waals surface area (Å²) in [4.78, 5) is 41.6. The van der Waals surface area contributed by atoms with Gasteiger partial charge in [-0.05, 0) is 60.7 Å². The first-order chi connectivity index (χ1) is 16.9. The fourth-order valence-electron chi connectivity index (χ4n) is 3.20. The van der Waals surface area contributed by atoms with E-state index in [9.17, 15) is 14.4 Å². The summed E-state index contributed by atoms with van der Waals surface area (Å²) in [6.45, 7) is -0.335. The highest BCUT2D eigenvalue weighted by atomic mass is 16.5. The molecule has 178 valence electrons. The van der Waals surface area contributed by atoms with Crippen LogP contribution in [-0.4, -0.2) is 47.0 Å². The van der Waals surface area contributed by atoms with Crippen LogP contribution in [0, 0.1) is 11.8 Å². The van der Waals surface area contributed by atoms with Crippen molar-refractivity contribution in [2.75, 3.05) is 23.3 Å². The normalized spacial score (nSPS) is 10.9. The van der Waals surface area contributed by atoms with E-state index in [0.29, 0.717) is 28.1 Å². The smallest absolute Gasteiger partial charge is 0.267 e. The van der Waals surface area contributed by atoms with Crippen LogP contribution in [-0.2, 0) is 9.59 Å². The third kappa shape index (κ3) is 6.64. The molecule has 10 heteroatoms. The maximum absolute atomic E-state index is 13.1. The number of nitrogens with one attached hydrogen (secondary N) is 2. The minimum atomic E-state index is -1.13. The molecule has 0 radical (unpaired) electrons. The molecule has 0 saturated carbocycles. The number of hydroxylamine groups is 1. The summed E-state index contributed by atoms with van der Waals surface area (Å²) in [6.07, 6.45) is 3.16. The molecule has 2 aromatic carbocycles. The van der Waals surface area contributed by atoms with Crippen molar-refractivity contribution in [1.82, 2.24) is 10.5 Å². The minimum Gasteiger partial charge on any atom is -0.376 e. The van der Waals surface area contributed by atoms with E-state index in [2.05, 4.69) is 22.1 Å². The number of nitrogens with zero attached hydrogens (tertiary/aromatic N) is 2. The average Bonchev–Trinajstić information content (AvgIpc) is 2.90. The predicted octanol–water partition coefficient (Wildman–Crippen LogP) is 0.858. The molecule has 0 spiro atoms. The van der Waals surface area contributed by atoms with Gasteiger partial charge in [0, 0.05) is 47.0 Å². The van der Waals surface area contributed by atoms with Gasteiger partial charge in [-0.15, -0.1) is 0 Å². The number of hydrogen-bond acceptors (Lipinski definition) is 7. The number of primary amides is 1.